The highest BCUT2D eigenvalue weighted by molar-refractivity contribution is 6.29. The van der Waals surface area contributed by atoms with Gasteiger partial charge in [0, 0.05) is 45.2 Å². The van der Waals surface area contributed by atoms with Gasteiger partial charge in [0.15, 0.2) is 0 Å². The van der Waals surface area contributed by atoms with Crippen molar-refractivity contribution < 1.29 is 0 Å². The third kappa shape index (κ3) is 3.23. The lowest BCUT2D eigenvalue weighted by atomic mass is 9.99. The molecule has 9 aromatic rings. The van der Waals surface area contributed by atoms with E-state index >= 15 is 0 Å². The van der Waals surface area contributed by atoms with E-state index in [4.69, 9.17) is 4.98 Å². The Morgan fingerprint density at radius 1 is 0.429 bits per heavy atom. The van der Waals surface area contributed by atoms with Crippen LogP contribution in [0.3, 0.4) is 0 Å². The highest BCUT2D eigenvalue weighted by Gasteiger charge is 2.19. The normalized spacial score (nSPS) is 11.8. The van der Waals surface area contributed by atoms with E-state index in [1.165, 1.54) is 49.0 Å². The van der Waals surface area contributed by atoms with Crippen molar-refractivity contribution in [1.82, 2.24) is 19.1 Å². The van der Waals surface area contributed by atoms with Crippen LogP contribution >= 0.6 is 0 Å². The summed E-state index contributed by atoms with van der Waals surface area (Å²) < 4.78 is 4.67. The largest absolute Gasteiger partial charge is 0.309 e. The van der Waals surface area contributed by atoms with Crippen LogP contribution in [0.2, 0.25) is 0 Å². The molecule has 0 fully saturated rings. The van der Waals surface area contributed by atoms with Gasteiger partial charge in [-0.1, -0.05) is 72.8 Å². The summed E-state index contributed by atoms with van der Waals surface area (Å²) in [4.78, 5) is 9.42. The SMILES string of the molecule is c1ccc(-n2c3ccccc3c3c4ccc5c(c4ccc32)c2ccccc2n5-c2cccc(-c3cccnc3)n2)cc1. The van der Waals surface area contributed by atoms with Crippen LogP contribution in [0.1, 0.15) is 0 Å². The van der Waals surface area contributed by atoms with Gasteiger partial charge in [0.25, 0.3) is 0 Å². The second kappa shape index (κ2) is 8.88. The van der Waals surface area contributed by atoms with Gasteiger partial charge in [0.2, 0.25) is 0 Å². The van der Waals surface area contributed by atoms with Crippen LogP contribution in [-0.2, 0) is 0 Å². The van der Waals surface area contributed by atoms with E-state index in [1.807, 2.05) is 18.3 Å². The second-order valence-electron chi connectivity index (χ2n) is 10.7. The molecule has 0 saturated carbocycles. The molecule has 0 saturated heterocycles. The highest BCUT2D eigenvalue weighted by Crippen LogP contribution is 2.42. The molecule has 0 aliphatic rings. The molecule has 4 heteroatoms. The van der Waals surface area contributed by atoms with Gasteiger partial charge >= 0.3 is 0 Å². The Bertz CT molecular complexity index is 2450. The summed E-state index contributed by atoms with van der Waals surface area (Å²) in [5.41, 5.74) is 7.79. The molecule has 196 valence electrons. The Kier molecular flexibility index (Phi) is 4.87. The third-order valence-corrected chi connectivity index (χ3v) is 8.40. The van der Waals surface area contributed by atoms with Crippen LogP contribution < -0.4 is 0 Å². The maximum atomic E-state index is 5.11. The Morgan fingerprint density at radius 2 is 1.07 bits per heavy atom. The molecule has 0 radical (unpaired) electrons. The van der Waals surface area contributed by atoms with Crippen LogP contribution in [0, 0.1) is 0 Å². The van der Waals surface area contributed by atoms with E-state index in [-0.39, 0.29) is 0 Å². The quantitative estimate of drug-likeness (QED) is 0.225. The molecule has 0 amide bonds. The zero-order valence-corrected chi connectivity index (χ0v) is 22.6. The van der Waals surface area contributed by atoms with Crippen molar-refractivity contribution in [2.24, 2.45) is 0 Å². The van der Waals surface area contributed by atoms with E-state index in [2.05, 4.69) is 135 Å². The third-order valence-electron chi connectivity index (χ3n) is 8.40. The minimum atomic E-state index is 0.892. The van der Waals surface area contributed by atoms with Crippen molar-refractivity contribution in [2.45, 2.75) is 0 Å². The monoisotopic (exact) mass is 536 g/mol. The molecular formula is C38H24N4. The van der Waals surface area contributed by atoms with E-state index in [1.54, 1.807) is 6.20 Å². The van der Waals surface area contributed by atoms with Crippen molar-refractivity contribution in [2.75, 3.05) is 0 Å². The van der Waals surface area contributed by atoms with Gasteiger partial charge in [-0.05, 0) is 71.4 Å². The molecule has 0 atom stereocenters. The number of nitrogens with zero attached hydrogens (tertiary/aromatic N) is 4. The standard InChI is InChI=1S/C38H24N4/c1-2-11-26(12-3-1)41-32-16-6-4-13-29(32)37-27-20-22-35-38(28(27)19-21-34(37)41)30-14-5-7-17-33(30)42(35)36-18-8-15-31(40-36)25-10-9-23-39-24-25/h1-24H. The second-order valence-corrected chi connectivity index (χ2v) is 10.7. The number of hydrogen-bond acceptors (Lipinski definition) is 2. The molecule has 0 aliphatic heterocycles. The smallest absolute Gasteiger partial charge is 0.138 e. The number of fused-ring (bicyclic) bond motifs is 9. The number of para-hydroxylation sites is 3. The van der Waals surface area contributed by atoms with Crippen molar-refractivity contribution >= 4 is 54.4 Å². The van der Waals surface area contributed by atoms with Gasteiger partial charge in [-0.25, -0.2) is 4.98 Å². The van der Waals surface area contributed by atoms with Crippen molar-refractivity contribution in [1.29, 1.82) is 0 Å². The molecule has 4 aromatic heterocycles. The summed E-state index contributed by atoms with van der Waals surface area (Å²) in [5.74, 6) is 0.892. The molecule has 4 heterocycles. The number of aromatic nitrogens is 4. The van der Waals surface area contributed by atoms with Crippen LogP contribution in [0.5, 0.6) is 0 Å². The van der Waals surface area contributed by atoms with Crippen LogP contribution in [-0.4, -0.2) is 19.1 Å². The fourth-order valence-corrected chi connectivity index (χ4v) is 6.67. The van der Waals surface area contributed by atoms with Gasteiger partial charge in [0.05, 0.1) is 27.8 Å². The molecule has 0 N–H and O–H groups in total. The average molecular weight is 537 g/mol. The molecule has 0 bridgehead atoms. The van der Waals surface area contributed by atoms with Crippen molar-refractivity contribution in [3.8, 4) is 22.8 Å². The van der Waals surface area contributed by atoms with E-state index < -0.39 is 0 Å². The first-order valence-electron chi connectivity index (χ1n) is 14.2. The summed E-state index contributed by atoms with van der Waals surface area (Å²) in [5, 5.41) is 7.51. The van der Waals surface area contributed by atoms with E-state index in [9.17, 15) is 0 Å². The molecular weight excluding hydrogens is 512 g/mol. The fourth-order valence-electron chi connectivity index (χ4n) is 6.67. The predicted octanol–water partition coefficient (Wildman–Crippen LogP) is 9.49. The Hall–Kier alpha value is -5.74. The maximum Gasteiger partial charge on any atom is 0.138 e. The number of rotatable bonds is 3. The summed E-state index contributed by atoms with van der Waals surface area (Å²) >= 11 is 0. The van der Waals surface area contributed by atoms with E-state index in [0.29, 0.717) is 0 Å². The summed E-state index contributed by atoms with van der Waals surface area (Å²) in [6.07, 6.45) is 3.66. The molecule has 42 heavy (non-hydrogen) atoms. The first-order valence-corrected chi connectivity index (χ1v) is 14.2. The molecule has 9 rings (SSSR count). The van der Waals surface area contributed by atoms with Gasteiger partial charge < -0.3 is 4.57 Å². The minimum Gasteiger partial charge on any atom is -0.309 e. The highest BCUT2D eigenvalue weighted by atomic mass is 15.1. The van der Waals surface area contributed by atoms with Crippen molar-refractivity contribution in [3.63, 3.8) is 0 Å². The number of pyridine rings is 2. The summed E-state index contributed by atoms with van der Waals surface area (Å²) in [6, 6.07) is 47.4. The lowest BCUT2D eigenvalue weighted by Gasteiger charge is -2.10. The van der Waals surface area contributed by atoms with Crippen LogP contribution in [0.15, 0.2) is 146 Å². The summed E-state index contributed by atoms with van der Waals surface area (Å²) in [6.45, 7) is 0. The molecule has 5 aromatic carbocycles. The lowest BCUT2D eigenvalue weighted by Crippen LogP contribution is -1.98. The first-order chi connectivity index (χ1) is 20.9. The lowest BCUT2D eigenvalue weighted by molar-refractivity contribution is 1.08. The molecule has 4 nitrogen and oxygen atoms in total. The Labute approximate surface area is 241 Å². The zero-order valence-electron chi connectivity index (χ0n) is 22.6. The van der Waals surface area contributed by atoms with Gasteiger partial charge in [0.1, 0.15) is 5.82 Å². The van der Waals surface area contributed by atoms with Gasteiger partial charge in [-0.3, -0.25) is 9.55 Å². The van der Waals surface area contributed by atoms with Crippen LogP contribution in [0.25, 0.3) is 77.1 Å². The van der Waals surface area contributed by atoms with Crippen molar-refractivity contribution in [3.05, 3.63) is 146 Å². The Morgan fingerprint density at radius 3 is 1.76 bits per heavy atom. The van der Waals surface area contributed by atoms with Gasteiger partial charge in [-0.15, -0.1) is 0 Å². The number of hydrogen-bond donors (Lipinski definition) is 0. The average Bonchev–Trinajstić information content (AvgIpc) is 3.59. The molecule has 0 unspecified atom stereocenters. The van der Waals surface area contributed by atoms with E-state index in [0.717, 1.165) is 28.1 Å². The number of benzene rings is 5. The first kappa shape index (κ1) is 23.0. The van der Waals surface area contributed by atoms with Crippen LogP contribution in [0.4, 0.5) is 0 Å². The maximum absolute atomic E-state index is 5.11. The zero-order chi connectivity index (χ0) is 27.6. The molecule has 0 aliphatic carbocycles. The topological polar surface area (TPSA) is 35.6 Å². The predicted molar refractivity (Wildman–Crippen MR) is 174 cm³/mol. The summed E-state index contributed by atoms with van der Waals surface area (Å²) in [7, 11) is 0. The Balaban J connectivity index is 1.38. The minimum absolute atomic E-state index is 0.892. The fraction of sp³-hybridized carbons (Fsp3) is 0. The molecule has 0 spiro atoms. The van der Waals surface area contributed by atoms with Gasteiger partial charge in [-0.2, -0.15) is 0 Å².